The molecule has 1 aliphatic carbocycles. The molecule has 2 aliphatic rings. The lowest BCUT2D eigenvalue weighted by Crippen LogP contribution is -2.40. The summed E-state index contributed by atoms with van der Waals surface area (Å²) in [6.07, 6.45) is 7.02. The number of benzene rings is 2. The number of hydrogen-bond acceptors (Lipinski definition) is 6. The van der Waals surface area contributed by atoms with Gasteiger partial charge in [-0.15, -0.1) is 0 Å². The van der Waals surface area contributed by atoms with Gasteiger partial charge in [0.15, 0.2) is 0 Å². The number of unbranched alkanes of at least 4 members (excludes halogenated alkanes) is 1. The van der Waals surface area contributed by atoms with Crippen LogP contribution < -0.4 is 4.72 Å². The molecule has 1 saturated carbocycles. The smallest absolute Gasteiger partial charge is 0.256 e. The number of alkyl halides is 1. The van der Waals surface area contributed by atoms with Crippen LogP contribution in [0.25, 0.3) is 11.1 Å². The van der Waals surface area contributed by atoms with Crippen molar-refractivity contribution in [2.24, 2.45) is 4.99 Å². The molecule has 0 bridgehead atoms. The van der Waals surface area contributed by atoms with Crippen LogP contribution in [0.5, 0.6) is 0 Å². The van der Waals surface area contributed by atoms with Crippen molar-refractivity contribution in [2.45, 2.75) is 87.1 Å². The molecule has 0 radical (unpaired) electrons. The van der Waals surface area contributed by atoms with Crippen LogP contribution >= 0.6 is 34.5 Å². The predicted molar refractivity (Wildman–Crippen MR) is 164 cm³/mol. The number of aryl methyl sites for hydroxylation is 1. The summed E-state index contributed by atoms with van der Waals surface area (Å²) in [5, 5.41) is 4.05. The van der Waals surface area contributed by atoms with E-state index in [1.165, 1.54) is 28.6 Å². The summed E-state index contributed by atoms with van der Waals surface area (Å²) in [5.74, 6) is 1.89. The van der Waals surface area contributed by atoms with Gasteiger partial charge < -0.3 is 4.52 Å². The Labute approximate surface area is 243 Å². The maximum absolute atomic E-state index is 13.6. The molecule has 0 saturated heterocycles. The first-order valence-corrected chi connectivity index (χ1v) is 15.8. The van der Waals surface area contributed by atoms with Gasteiger partial charge in [0.2, 0.25) is 5.88 Å². The summed E-state index contributed by atoms with van der Waals surface area (Å²) in [6, 6.07) is 15.1. The maximum atomic E-state index is 13.6. The van der Waals surface area contributed by atoms with Gasteiger partial charge in [0.05, 0.1) is 12.2 Å². The number of amidine groups is 1. The molecule has 1 fully saturated rings. The number of rotatable bonds is 10. The van der Waals surface area contributed by atoms with Crippen LogP contribution in [0.1, 0.15) is 74.3 Å². The van der Waals surface area contributed by atoms with Gasteiger partial charge >= 0.3 is 0 Å². The molecule has 1 amide bonds. The Morgan fingerprint density at radius 2 is 1.92 bits per heavy atom. The van der Waals surface area contributed by atoms with E-state index in [1.807, 2.05) is 18.7 Å². The highest BCUT2D eigenvalue weighted by atomic mass is 127. The van der Waals surface area contributed by atoms with Gasteiger partial charge in [-0.05, 0) is 73.4 Å². The number of amides is 1. The Morgan fingerprint density at radius 1 is 1.13 bits per heavy atom. The molecule has 1 spiro atoms. The summed E-state index contributed by atoms with van der Waals surface area (Å²) >= 11 is 3.97. The number of nitrogens with one attached hydrogen (secondary N) is 1. The molecule has 8 heteroatoms. The lowest BCUT2D eigenvalue weighted by atomic mass is 9.97. The van der Waals surface area contributed by atoms with E-state index in [2.05, 4.69) is 81.9 Å². The van der Waals surface area contributed by atoms with Crippen molar-refractivity contribution in [3.05, 3.63) is 64.8 Å². The van der Waals surface area contributed by atoms with Crippen molar-refractivity contribution in [1.82, 2.24) is 10.1 Å². The Balaban J connectivity index is 1.39. The topological polar surface area (TPSA) is 70.7 Å². The van der Waals surface area contributed by atoms with E-state index in [9.17, 15) is 4.79 Å². The van der Waals surface area contributed by atoms with E-state index in [-0.39, 0.29) is 5.91 Å². The van der Waals surface area contributed by atoms with E-state index in [4.69, 9.17) is 9.52 Å². The minimum Gasteiger partial charge on any atom is -0.337 e. The van der Waals surface area contributed by atoms with E-state index in [1.54, 1.807) is 0 Å². The minimum absolute atomic E-state index is 0.215. The first-order valence-electron chi connectivity index (χ1n) is 13.5. The number of anilines is 1. The van der Waals surface area contributed by atoms with Gasteiger partial charge in [-0.25, -0.2) is 0 Å². The van der Waals surface area contributed by atoms with Crippen molar-refractivity contribution in [3.8, 4) is 11.1 Å². The second-order valence-electron chi connectivity index (χ2n) is 10.3. The molecular formula is C30H35IN4O2S. The molecule has 5 rings (SSSR count). The zero-order valence-corrected chi connectivity index (χ0v) is 25.3. The monoisotopic (exact) mass is 642 g/mol. The van der Waals surface area contributed by atoms with Crippen LogP contribution in [0.2, 0.25) is 0 Å². The molecular weight excluding hydrogens is 607 g/mol. The summed E-state index contributed by atoms with van der Waals surface area (Å²) in [6.45, 7) is 6.73. The zero-order chi connectivity index (χ0) is 26.7. The average Bonchev–Trinajstić information content (AvgIpc) is 3.61. The van der Waals surface area contributed by atoms with Gasteiger partial charge in [-0.2, -0.15) is 0 Å². The molecule has 2 aromatic carbocycles. The second-order valence-corrected chi connectivity index (χ2v) is 11.9. The normalized spacial score (nSPS) is 16.5. The summed E-state index contributed by atoms with van der Waals surface area (Å²) in [7, 11) is 0. The van der Waals surface area contributed by atoms with E-state index >= 15 is 0 Å². The van der Waals surface area contributed by atoms with E-state index in [0.29, 0.717) is 12.4 Å². The number of carbonyl (C=O) groups is 1. The minimum atomic E-state index is -0.487. The van der Waals surface area contributed by atoms with Gasteiger partial charge in [0.1, 0.15) is 11.4 Å². The molecule has 2 heterocycles. The Morgan fingerprint density at radius 3 is 2.63 bits per heavy atom. The standard InChI is InChI=1S/C30H35IN4O2S/c1-4-5-12-27-32-30(15-8-9-16-30)29(36)35(27)19-22-13-14-24(23(17-22)18-31)25-10-6-7-11-26(25)38-34-28-20(2)21(3)33-37-28/h6-7,10-11,13-14,17,34H,4-5,8-9,12,15-16,18-19H2,1-3H3. The largest absolute Gasteiger partial charge is 0.337 e. The van der Waals surface area contributed by atoms with Crippen molar-refractivity contribution in [2.75, 3.05) is 4.72 Å². The number of halogens is 1. The zero-order valence-electron chi connectivity index (χ0n) is 22.3. The van der Waals surface area contributed by atoms with Crippen LogP contribution in [0.3, 0.4) is 0 Å². The van der Waals surface area contributed by atoms with Crippen molar-refractivity contribution in [3.63, 3.8) is 0 Å². The van der Waals surface area contributed by atoms with Gasteiger partial charge in [-0.3, -0.25) is 19.4 Å². The molecule has 0 unspecified atom stereocenters. The molecule has 3 aromatic rings. The highest BCUT2D eigenvalue weighted by Gasteiger charge is 2.49. The molecule has 1 aromatic heterocycles. The Hall–Kier alpha value is -2.33. The molecule has 200 valence electrons. The van der Waals surface area contributed by atoms with Crippen molar-refractivity contribution >= 4 is 52.2 Å². The van der Waals surface area contributed by atoms with E-state index in [0.717, 1.165) is 76.9 Å². The summed E-state index contributed by atoms with van der Waals surface area (Å²) < 4.78 is 9.65. The number of aliphatic imine (C=N–C) groups is 1. The van der Waals surface area contributed by atoms with Crippen LogP contribution in [0, 0.1) is 13.8 Å². The Kier molecular flexibility index (Phi) is 8.47. The van der Waals surface area contributed by atoms with Crippen molar-refractivity contribution in [1.29, 1.82) is 0 Å². The number of aromatic nitrogens is 1. The first-order chi connectivity index (χ1) is 18.5. The summed E-state index contributed by atoms with van der Waals surface area (Å²) in [5.41, 5.74) is 6.22. The van der Waals surface area contributed by atoms with Crippen molar-refractivity contribution < 1.29 is 9.32 Å². The quantitative estimate of drug-likeness (QED) is 0.137. The SMILES string of the molecule is CCCCC1=NC2(CCCC2)C(=O)N1Cc1ccc(-c2ccccc2SNc2onc(C)c2C)c(CI)c1. The number of carbonyl (C=O) groups excluding carboxylic acids is 1. The van der Waals surface area contributed by atoms with Crippen LogP contribution in [0.4, 0.5) is 5.88 Å². The lowest BCUT2D eigenvalue weighted by Gasteiger charge is -2.23. The third kappa shape index (κ3) is 5.39. The fourth-order valence-electron chi connectivity index (χ4n) is 5.39. The molecule has 1 aliphatic heterocycles. The third-order valence-electron chi connectivity index (χ3n) is 7.72. The van der Waals surface area contributed by atoms with Crippen LogP contribution in [-0.2, 0) is 15.8 Å². The third-order valence-corrected chi connectivity index (χ3v) is 9.41. The van der Waals surface area contributed by atoms with Crippen LogP contribution in [0.15, 0.2) is 56.9 Å². The molecule has 6 nitrogen and oxygen atoms in total. The molecule has 1 N–H and O–H groups in total. The second kappa shape index (κ2) is 11.8. The molecule has 38 heavy (non-hydrogen) atoms. The Bertz CT molecular complexity index is 1350. The average molecular weight is 643 g/mol. The van der Waals surface area contributed by atoms with Gasteiger partial charge in [0.25, 0.3) is 5.91 Å². The highest BCUT2D eigenvalue weighted by molar-refractivity contribution is 14.1. The first kappa shape index (κ1) is 27.2. The van der Waals surface area contributed by atoms with Gasteiger partial charge in [0, 0.05) is 21.3 Å². The highest BCUT2D eigenvalue weighted by Crippen LogP contribution is 2.41. The molecule has 0 atom stereocenters. The lowest BCUT2D eigenvalue weighted by molar-refractivity contribution is -0.131. The predicted octanol–water partition coefficient (Wildman–Crippen LogP) is 8.26. The van der Waals surface area contributed by atoms with E-state index < -0.39 is 5.54 Å². The number of hydrogen-bond donors (Lipinski definition) is 1. The van der Waals surface area contributed by atoms with Gasteiger partial charge in [-0.1, -0.05) is 90.3 Å². The fraction of sp³-hybridized carbons (Fsp3) is 0.433. The summed E-state index contributed by atoms with van der Waals surface area (Å²) in [4.78, 5) is 21.8. The van der Waals surface area contributed by atoms with Crippen LogP contribution in [-0.4, -0.2) is 27.3 Å². The number of nitrogens with zero attached hydrogens (tertiary/aromatic N) is 3. The maximum Gasteiger partial charge on any atom is 0.256 e. The fourth-order valence-corrected chi connectivity index (χ4v) is 6.85.